The number of alkyl halides is 3. The molecule has 0 spiro atoms. The van der Waals surface area contributed by atoms with Crippen LogP contribution in [0.25, 0.3) is 0 Å². The third-order valence-electron chi connectivity index (χ3n) is 0.935. The van der Waals surface area contributed by atoms with Gasteiger partial charge in [-0.15, -0.1) is 5.92 Å². The van der Waals surface area contributed by atoms with E-state index in [0.717, 1.165) is 0 Å². The highest BCUT2D eigenvalue weighted by Crippen LogP contribution is 2.29. The van der Waals surface area contributed by atoms with Crippen LogP contribution in [0.1, 0.15) is 6.92 Å². The summed E-state index contributed by atoms with van der Waals surface area (Å²) in [6.45, 7) is 2.47. The Bertz CT molecular complexity index is 168. The lowest BCUT2D eigenvalue weighted by atomic mass is 10.6. The molecule has 0 amide bonds. The maximum atomic E-state index is 11.5. The molecule has 0 radical (unpaired) electrons. The second-order valence-electron chi connectivity index (χ2n) is 1.90. The number of thioether (sulfide) groups is 1. The average Bonchev–Trinajstić information content (AvgIpc) is 1.94. The lowest BCUT2D eigenvalue weighted by Crippen LogP contribution is -2.18. The van der Waals surface area contributed by atoms with Gasteiger partial charge in [0.05, 0.1) is 6.54 Å². The van der Waals surface area contributed by atoms with Gasteiger partial charge < -0.3 is 5.32 Å². The Labute approximate surface area is 74.1 Å². The smallest absolute Gasteiger partial charge is 0.305 e. The molecule has 0 aromatic carbocycles. The standard InChI is InChI=1S/C7H10F3NS/c1-2-3-4-11-5-6-12-7(8,9)10/h11H,4-6H2,1H3. The van der Waals surface area contributed by atoms with Crippen molar-refractivity contribution < 1.29 is 13.2 Å². The summed E-state index contributed by atoms with van der Waals surface area (Å²) in [5.74, 6) is 5.36. The molecule has 0 atom stereocenters. The molecule has 0 aromatic heterocycles. The molecule has 70 valence electrons. The predicted molar refractivity (Wildman–Crippen MR) is 44.8 cm³/mol. The molecular weight excluding hydrogens is 187 g/mol. The fourth-order valence-corrected chi connectivity index (χ4v) is 0.956. The second kappa shape index (κ2) is 6.21. The van der Waals surface area contributed by atoms with Crippen molar-refractivity contribution in [1.29, 1.82) is 0 Å². The molecule has 0 aliphatic heterocycles. The summed E-state index contributed by atoms with van der Waals surface area (Å²) in [6, 6.07) is 0. The predicted octanol–water partition coefficient (Wildman–Crippen LogP) is 1.85. The van der Waals surface area contributed by atoms with Crippen LogP contribution in [0.15, 0.2) is 0 Å². The van der Waals surface area contributed by atoms with E-state index in [4.69, 9.17) is 0 Å². The molecule has 0 saturated carbocycles. The first kappa shape index (κ1) is 11.7. The van der Waals surface area contributed by atoms with Gasteiger partial charge in [-0.1, -0.05) is 5.92 Å². The topological polar surface area (TPSA) is 12.0 Å². The maximum absolute atomic E-state index is 11.5. The number of hydrogen-bond donors (Lipinski definition) is 1. The van der Waals surface area contributed by atoms with Gasteiger partial charge in [-0.3, -0.25) is 0 Å². The van der Waals surface area contributed by atoms with Gasteiger partial charge in [-0.05, 0) is 18.7 Å². The highest BCUT2D eigenvalue weighted by atomic mass is 32.2. The Morgan fingerprint density at radius 2 is 2.08 bits per heavy atom. The first-order valence-electron chi connectivity index (χ1n) is 3.37. The van der Waals surface area contributed by atoms with Crippen LogP contribution in [-0.2, 0) is 0 Å². The highest BCUT2D eigenvalue weighted by molar-refractivity contribution is 8.00. The van der Waals surface area contributed by atoms with E-state index < -0.39 is 5.51 Å². The molecule has 0 unspecified atom stereocenters. The van der Waals surface area contributed by atoms with Crippen molar-refractivity contribution in [3.05, 3.63) is 0 Å². The van der Waals surface area contributed by atoms with Gasteiger partial charge >= 0.3 is 5.51 Å². The van der Waals surface area contributed by atoms with Gasteiger partial charge in [0.25, 0.3) is 0 Å². The molecular formula is C7H10F3NS. The maximum Gasteiger partial charge on any atom is 0.441 e. The zero-order valence-electron chi connectivity index (χ0n) is 6.66. The average molecular weight is 197 g/mol. The lowest BCUT2D eigenvalue weighted by Gasteiger charge is -2.04. The van der Waals surface area contributed by atoms with E-state index in [9.17, 15) is 13.2 Å². The van der Waals surface area contributed by atoms with Crippen molar-refractivity contribution in [2.24, 2.45) is 0 Å². The molecule has 0 bridgehead atoms. The zero-order chi connectivity index (χ0) is 9.45. The molecule has 0 fully saturated rings. The molecule has 0 aromatic rings. The SMILES string of the molecule is CC#CCNCCSC(F)(F)F. The van der Waals surface area contributed by atoms with Crippen molar-refractivity contribution in [2.75, 3.05) is 18.8 Å². The van der Waals surface area contributed by atoms with Crippen LogP contribution < -0.4 is 5.32 Å². The summed E-state index contributed by atoms with van der Waals surface area (Å²) < 4.78 is 34.6. The largest absolute Gasteiger partial charge is 0.441 e. The van der Waals surface area contributed by atoms with Gasteiger partial charge in [0.1, 0.15) is 0 Å². The third kappa shape index (κ3) is 9.66. The van der Waals surface area contributed by atoms with Gasteiger partial charge in [0, 0.05) is 12.3 Å². The second-order valence-corrected chi connectivity index (χ2v) is 3.06. The monoisotopic (exact) mass is 197 g/mol. The van der Waals surface area contributed by atoms with Gasteiger partial charge in [0.2, 0.25) is 0 Å². The quantitative estimate of drug-likeness (QED) is 0.545. The van der Waals surface area contributed by atoms with Crippen LogP contribution in [-0.4, -0.2) is 24.4 Å². The molecule has 0 heterocycles. The van der Waals surface area contributed by atoms with Gasteiger partial charge in [-0.25, -0.2) is 0 Å². The molecule has 0 saturated heterocycles. The molecule has 0 aliphatic rings. The van der Waals surface area contributed by atoms with Crippen LogP contribution in [0, 0.1) is 11.8 Å². The summed E-state index contributed by atoms with van der Waals surface area (Å²) in [5.41, 5.74) is -4.11. The zero-order valence-corrected chi connectivity index (χ0v) is 7.48. The van der Waals surface area contributed by atoms with E-state index in [1.54, 1.807) is 6.92 Å². The molecule has 0 aliphatic carbocycles. The Balaban J connectivity index is 3.15. The van der Waals surface area contributed by atoms with Crippen LogP contribution in [0.2, 0.25) is 0 Å². The Morgan fingerprint density at radius 1 is 1.42 bits per heavy atom. The van der Waals surface area contributed by atoms with Crippen LogP contribution >= 0.6 is 11.8 Å². The summed E-state index contributed by atoms with van der Waals surface area (Å²) in [7, 11) is 0. The Hall–Kier alpha value is -0.340. The molecule has 1 nitrogen and oxygen atoms in total. The number of rotatable bonds is 4. The molecule has 12 heavy (non-hydrogen) atoms. The van der Waals surface area contributed by atoms with Crippen LogP contribution in [0.5, 0.6) is 0 Å². The van der Waals surface area contributed by atoms with Crippen molar-refractivity contribution in [3.8, 4) is 11.8 Å². The van der Waals surface area contributed by atoms with E-state index in [1.807, 2.05) is 0 Å². The summed E-state index contributed by atoms with van der Waals surface area (Å²) >= 11 is -0.0191. The van der Waals surface area contributed by atoms with Crippen molar-refractivity contribution in [2.45, 2.75) is 12.4 Å². The fourth-order valence-electron chi connectivity index (χ4n) is 0.478. The minimum Gasteiger partial charge on any atom is -0.305 e. The van der Waals surface area contributed by atoms with Crippen molar-refractivity contribution in [1.82, 2.24) is 5.32 Å². The first-order valence-corrected chi connectivity index (χ1v) is 4.36. The Morgan fingerprint density at radius 3 is 2.58 bits per heavy atom. The minimum absolute atomic E-state index is 0.0191. The van der Waals surface area contributed by atoms with Gasteiger partial charge in [0.15, 0.2) is 0 Å². The van der Waals surface area contributed by atoms with E-state index >= 15 is 0 Å². The van der Waals surface area contributed by atoms with Crippen LogP contribution in [0.4, 0.5) is 13.2 Å². The first-order chi connectivity index (χ1) is 5.56. The van der Waals surface area contributed by atoms with Crippen molar-refractivity contribution in [3.63, 3.8) is 0 Å². The van der Waals surface area contributed by atoms with E-state index in [0.29, 0.717) is 13.1 Å². The van der Waals surface area contributed by atoms with E-state index in [-0.39, 0.29) is 17.5 Å². The summed E-state index contributed by atoms with van der Waals surface area (Å²) in [6.07, 6.45) is 0. The Kier molecular flexibility index (Phi) is 6.03. The van der Waals surface area contributed by atoms with Crippen molar-refractivity contribution >= 4 is 11.8 Å². The highest BCUT2D eigenvalue weighted by Gasteiger charge is 2.27. The van der Waals surface area contributed by atoms with E-state index in [1.165, 1.54) is 0 Å². The number of hydrogen-bond acceptors (Lipinski definition) is 2. The molecule has 1 N–H and O–H groups in total. The van der Waals surface area contributed by atoms with E-state index in [2.05, 4.69) is 17.2 Å². The summed E-state index contributed by atoms with van der Waals surface area (Å²) in [4.78, 5) is 0. The van der Waals surface area contributed by atoms with Gasteiger partial charge in [-0.2, -0.15) is 13.2 Å². The third-order valence-corrected chi connectivity index (χ3v) is 1.67. The normalized spacial score (nSPS) is 10.7. The number of nitrogens with one attached hydrogen (secondary N) is 1. The molecule has 0 rings (SSSR count). The number of halogens is 3. The lowest BCUT2D eigenvalue weighted by molar-refractivity contribution is -0.0327. The van der Waals surface area contributed by atoms with Crippen LogP contribution in [0.3, 0.4) is 0 Å². The minimum atomic E-state index is -4.11. The fraction of sp³-hybridized carbons (Fsp3) is 0.714. The molecule has 5 heteroatoms. The summed E-state index contributed by atoms with van der Waals surface area (Å²) in [5, 5.41) is 2.76.